The van der Waals surface area contributed by atoms with Crippen LogP contribution in [0, 0.1) is 17.8 Å². The highest BCUT2D eigenvalue weighted by Crippen LogP contribution is 2.55. The second-order valence-corrected chi connectivity index (χ2v) is 4.51. The number of rotatable bonds is 4. The van der Waals surface area contributed by atoms with Gasteiger partial charge in [-0.05, 0) is 31.1 Å². The summed E-state index contributed by atoms with van der Waals surface area (Å²) in [6, 6.07) is 0. The molecule has 0 heterocycles. The van der Waals surface area contributed by atoms with E-state index in [4.69, 9.17) is 5.11 Å². The monoisotopic (exact) mass is 197 g/mol. The number of hydrogen-bond acceptors (Lipinski definition) is 2. The number of aliphatic hydroxyl groups is 1. The molecule has 0 saturated heterocycles. The first-order chi connectivity index (χ1) is 6.84. The summed E-state index contributed by atoms with van der Waals surface area (Å²) in [6.45, 7) is 0.795. The van der Waals surface area contributed by atoms with E-state index in [-0.39, 0.29) is 12.5 Å². The van der Waals surface area contributed by atoms with Crippen molar-refractivity contribution in [2.75, 3.05) is 13.2 Å². The number of fused-ring (bicyclic) bond motifs is 1. The van der Waals surface area contributed by atoms with Gasteiger partial charge in [-0.15, -0.1) is 0 Å². The SMILES string of the molecule is O=C(NCCCO)C1C2CCCCC21. The maximum absolute atomic E-state index is 11.7. The van der Waals surface area contributed by atoms with Gasteiger partial charge in [0.25, 0.3) is 0 Å². The predicted molar refractivity (Wildman–Crippen MR) is 53.7 cm³/mol. The molecule has 14 heavy (non-hydrogen) atoms. The van der Waals surface area contributed by atoms with Gasteiger partial charge in [-0.1, -0.05) is 12.8 Å². The third-order valence-electron chi connectivity index (χ3n) is 3.59. The van der Waals surface area contributed by atoms with Crippen LogP contribution in [0.3, 0.4) is 0 Å². The Bertz CT molecular complexity index is 205. The molecule has 0 bridgehead atoms. The normalized spacial score (nSPS) is 34.8. The molecule has 2 saturated carbocycles. The summed E-state index contributed by atoms with van der Waals surface area (Å²) in [5.74, 6) is 1.93. The molecule has 2 rings (SSSR count). The molecule has 2 unspecified atom stereocenters. The highest BCUT2D eigenvalue weighted by Gasteiger charge is 2.54. The maximum atomic E-state index is 11.7. The van der Waals surface area contributed by atoms with Crippen LogP contribution in [-0.2, 0) is 4.79 Å². The second kappa shape index (κ2) is 4.30. The quantitative estimate of drug-likeness (QED) is 0.658. The number of hydrogen-bond donors (Lipinski definition) is 2. The number of nitrogens with one attached hydrogen (secondary N) is 1. The minimum Gasteiger partial charge on any atom is -0.396 e. The van der Waals surface area contributed by atoms with Crippen LogP contribution in [0.4, 0.5) is 0 Å². The van der Waals surface area contributed by atoms with Crippen LogP contribution in [-0.4, -0.2) is 24.2 Å². The van der Waals surface area contributed by atoms with Crippen molar-refractivity contribution in [3.05, 3.63) is 0 Å². The van der Waals surface area contributed by atoms with E-state index in [0.29, 0.717) is 30.7 Å². The van der Waals surface area contributed by atoms with Crippen LogP contribution >= 0.6 is 0 Å². The van der Waals surface area contributed by atoms with Gasteiger partial charge in [0.2, 0.25) is 5.91 Å². The molecule has 2 N–H and O–H groups in total. The molecule has 1 amide bonds. The third kappa shape index (κ3) is 1.92. The van der Waals surface area contributed by atoms with E-state index in [1.807, 2.05) is 0 Å². The average molecular weight is 197 g/mol. The van der Waals surface area contributed by atoms with Crippen LogP contribution in [0.5, 0.6) is 0 Å². The van der Waals surface area contributed by atoms with E-state index < -0.39 is 0 Å². The molecule has 2 aliphatic carbocycles. The highest BCUT2D eigenvalue weighted by atomic mass is 16.3. The number of aliphatic hydroxyl groups excluding tert-OH is 1. The second-order valence-electron chi connectivity index (χ2n) is 4.51. The molecule has 0 radical (unpaired) electrons. The highest BCUT2D eigenvalue weighted by molar-refractivity contribution is 5.82. The Morgan fingerprint density at radius 1 is 1.29 bits per heavy atom. The van der Waals surface area contributed by atoms with Crippen molar-refractivity contribution >= 4 is 5.91 Å². The van der Waals surface area contributed by atoms with E-state index in [0.717, 1.165) is 0 Å². The number of carbonyl (C=O) groups excluding carboxylic acids is 1. The molecule has 0 spiro atoms. The summed E-state index contributed by atoms with van der Waals surface area (Å²) >= 11 is 0. The van der Waals surface area contributed by atoms with Gasteiger partial charge in [-0.3, -0.25) is 4.79 Å². The molecular formula is C11H19NO2. The van der Waals surface area contributed by atoms with E-state index in [9.17, 15) is 4.79 Å². The first-order valence-electron chi connectivity index (χ1n) is 5.73. The molecule has 2 aliphatic rings. The lowest BCUT2D eigenvalue weighted by molar-refractivity contribution is -0.122. The summed E-state index contributed by atoms with van der Waals surface area (Å²) in [5.41, 5.74) is 0. The molecule has 3 heteroatoms. The van der Waals surface area contributed by atoms with Gasteiger partial charge >= 0.3 is 0 Å². The molecule has 0 aliphatic heterocycles. The zero-order valence-corrected chi connectivity index (χ0v) is 8.54. The fourth-order valence-electron chi connectivity index (χ4n) is 2.79. The third-order valence-corrected chi connectivity index (χ3v) is 3.59. The smallest absolute Gasteiger partial charge is 0.223 e. The zero-order valence-electron chi connectivity index (χ0n) is 8.54. The fraction of sp³-hybridized carbons (Fsp3) is 0.909. The molecule has 2 atom stereocenters. The predicted octanol–water partition coefficient (Wildman–Crippen LogP) is 0.921. The van der Waals surface area contributed by atoms with Gasteiger partial charge in [0.05, 0.1) is 0 Å². The molecular weight excluding hydrogens is 178 g/mol. The lowest BCUT2D eigenvalue weighted by Crippen LogP contribution is -2.27. The van der Waals surface area contributed by atoms with Crippen molar-refractivity contribution in [2.45, 2.75) is 32.1 Å². The minimum atomic E-state index is 0.164. The molecule has 80 valence electrons. The molecule has 0 aromatic carbocycles. The Balaban J connectivity index is 1.71. The maximum Gasteiger partial charge on any atom is 0.223 e. The van der Waals surface area contributed by atoms with E-state index in [2.05, 4.69) is 5.32 Å². The molecule has 0 aromatic rings. The van der Waals surface area contributed by atoms with Crippen LogP contribution in [0.1, 0.15) is 32.1 Å². The number of amides is 1. The minimum absolute atomic E-state index is 0.164. The average Bonchev–Trinajstić information content (AvgIpc) is 2.92. The van der Waals surface area contributed by atoms with Gasteiger partial charge in [-0.25, -0.2) is 0 Å². The molecule has 3 nitrogen and oxygen atoms in total. The van der Waals surface area contributed by atoms with Gasteiger partial charge in [-0.2, -0.15) is 0 Å². The van der Waals surface area contributed by atoms with Crippen LogP contribution in [0.25, 0.3) is 0 Å². The summed E-state index contributed by atoms with van der Waals surface area (Å²) in [4.78, 5) is 11.7. The Hall–Kier alpha value is -0.570. The van der Waals surface area contributed by atoms with Crippen molar-refractivity contribution in [3.8, 4) is 0 Å². The van der Waals surface area contributed by atoms with Gasteiger partial charge in [0.1, 0.15) is 0 Å². The standard InChI is InChI=1S/C11H19NO2/c13-7-3-6-12-11(14)10-8-4-1-2-5-9(8)10/h8-10,13H,1-7H2,(H,12,14). The van der Waals surface area contributed by atoms with Gasteiger partial charge < -0.3 is 10.4 Å². The zero-order chi connectivity index (χ0) is 9.97. The van der Waals surface area contributed by atoms with Crippen LogP contribution in [0.15, 0.2) is 0 Å². The van der Waals surface area contributed by atoms with Crippen molar-refractivity contribution in [1.82, 2.24) is 5.32 Å². The van der Waals surface area contributed by atoms with E-state index in [1.165, 1.54) is 25.7 Å². The van der Waals surface area contributed by atoms with Gasteiger partial charge in [0.15, 0.2) is 0 Å². The summed E-state index contributed by atoms with van der Waals surface area (Å²) in [7, 11) is 0. The first-order valence-corrected chi connectivity index (χ1v) is 5.73. The lowest BCUT2D eigenvalue weighted by Gasteiger charge is -2.04. The largest absolute Gasteiger partial charge is 0.396 e. The van der Waals surface area contributed by atoms with Crippen molar-refractivity contribution in [3.63, 3.8) is 0 Å². The Kier molecular flexibility index (Phi) is 3.06. The summed E-state index contributed by atoms with van der Waals surface area (Å²) < 4.78 is 0. The fourth-order valence-corrected chi connectivity index (χ4v) is 2.79. The van der Waals surface area contributed by atoms with Crippen LogP contribution < -0.4 is 5.32 Å². The Morgan fingerprint density at radius 3 is 2.50 bits per heavy atom. The first kappa shape index (κ1) is 9.97. The van der Waals surface area contributed by atoms with Crippen molar-refractivity contribution in [2.24, 2.45) is 17.8 Å². The Morgan fingerprint density at radius 2 is 1.93 bits per heavy atom. The van der Waals surface area contributed by atoms with E-state index >= 15 is 0 Å². The molecule has 2 fully saturated rings. The Labute approximate surface area is 84.9 Å². The van der Waals surface area contributed by atoms with Crippen molar-refractivity contribution < 1.29 is 9.90 Å². The topological polar surface area (TPSA) is 49.3 Å². The van der Waals surface area contributed by atoms with E-state index in [1.54, 1.807) is 0 Å². The van der Waals surface area contributed by atoms with Gasteiger partial charge in [0, 0.05) is 19.1 Å². The number of carbonyl (C=O) groups is 1. The van der Waals surface area contributed by atoms with Crippen LogP contribution in [0.2, 0.25) is 0 Å². The lowest BCUT2D eigenvalue weighted by atomic mass is 10.0. The molecule has 0 aromatic heterocycles. The van der Waals surface area contributed by atoms with Crippen molar-refractivity contribution in [1.29, 1.82) is 0 Å². The summed E-state index contributed by atoms with van der Waals surface area (Å²) in [5, 5.41) is 11.5. The summed E-state index contributed by atoms with van der Waals surface area (Å²) in [6.07, 6.45) is 5.79.